The molecule has 0 fully saturated rings. The Morgan fingerprint density at radius 3 is 2.26 bits per heavy atom. The van der Waals surface area contributed by atoms with Crippen molar-refractivity contribution in [2.24, 2.45) is 0 Å². The summed E-state index contributed by atoms with van der Waals surface area (Å²) >= 11 is 0. The Bertz CT molecular complexity index is 434. The van der Waals surface area contributed by atoms with E-state index in [-0.39, 0.29) is 34.5 Å². The molecular formula is C12H16FNaO4S. The van der Waals surface area contributed by atoms with Gasteiger partial charge in [0, 0.05) is 4.53 Å². The Hall–Kier alpha value is -0.400. The van der Waals surface area contributed by atoms with E-state index in [1.807, 2.05) is 0 Å². The van der Waals surface area contributed by atoms with E-state index in [0.29, 0.717) is 0 Å². The average Bonchev–Trinajstić information content (AvgIpc) is 2.36. The summed E-state index contributed by atoms with van der Waals surface area (Å²) in [6.45, 7) is 2.09. The third-order valence-electron chi connectivity index (χ3n) is 1.90. The van der Waals surface area contributed by atoms with Crippen LogP contribution in [0.2, 0.25) is 0 Å². The van der Waals surface area contributed by atoms with Crippen molar-refractivity contribution in [3.8, 4) is 0 Å². The fourth-order valence-electron chi connectivity index (χ4n) is 1.01. The zero-order valence-electron chi connectivity index (χ0n) is 11.1. The van der Waals surface area contributed by atoms with Gasteiger partial charge in [-0.3, -0.25) is 0 Å². The van der Waals surface area contributed by atoms with Crippen molar-refractivity contribution in [1.29, 1.82) is 0 Å². The molecule has 0 saturated carbocycles. The summed E-state index contributed by atoms with van der Waals surface area (Å²) in [5, 5.41) is 0. The maximum atomic E-state index is 10.8. The van der Waals surface area contributed by atoms with E-state index in [1.165, 1.54) is 24.3 Å². The molecule has 1 rings (SSSR count). The largest absolute Gasteiger partial charge is 1.00 e. The Kier molecular flexibility index (Phi) is 13.9. The maximum Gasteiger partial charge on any atom is 1.00 e. The van der Waals surface area contributed by atoms with E-state index >= 15 is 0 Å². The van der Waals surface area contributed by atoms with Crippen LogP contribution in [0.25, 0.3) is 0 Å². The Labute approximate surface area is 135 Å². The van der Waals surface area contributed by atoms with E-state index in [1.54, 1.807) is 12.1 Å². The zero-order chi connectivity index (χ0) is 13.9. The standard InChI is InChI=1S/C6H11FO.C6H6O3S.Na/c1-2-3-4-5-6-8-7;7-10(8,9)6-4-2-1-3-5-6;/h5-6H,2-4H2,1H3;1-5H,(H,7,8,9);/q;;+1/p-1. The van der Waals surface area contributed by atoms with Crippen LogP contribution in [0.4, 0.5) is 4.53 Å². The van der Waals surface area contributed by atoms with E-state index in [4.69, 9.17) is 0 Å². The maximum absolute atomic E-state index is 10.8. The summed E-state index contributed by atoms with van der Waals surface area (Å²) in [7, 11) is -4.25. The van der Waals surface area contributed by atoms with Crippen molar-refractivity contribution in [1.82, 2.24) is 0 Å². The number of rotatable bonds is 5. The Morgan fingerprint density at radius 1 is 1.32 bits per heavy atom. The average molecular weight is 298 g/mol. The Balaban J connectivity index is 0. The summed E-state index contributed by atoms with van der Waals surface area (Å²) in [6, 6.07) is 7.19. The summed E-state index contributed by atoms with van der Waals surface area (Å²) in [4.78, 5) is 3.02. The van der Waals surface area contributed by atoms with Crippen molar-refractivity contribution in [3.05, 3.63) is 42.7 Å². The van der Waals surface area contributed by atoms with Crippen molar-refractivity contribution in [2.75, 3.05) is 0 Å². The summed E-state index contributed by atoms with van der Waals surface area (Å²) < 4.78 is 41.7. The molecule has 0 N–H and O–H groups in total. The second-order valence-corrected chi connectivity index (χ2v) is 4.75. The van der Waals surface area contributed by atoms with Gasteiger partial charge in [-0.1, -0.05) is 31.5 Å². The first-order valence-corrected chi connectivity index (χ1v) is 6.86. The van der Waals surface area contributed by atoms with Crippen molar-refractivity contribution in [2.45, 2.75) is 31.1 Å². The number of benzene rings is 1. The van der Waals surface area contributed by atoms with E-state index in [9.17, 15) is 17.5 Å². The first kappa shape index (κ1) is 20.9. The SMILES string of the molecule is CCCCC=COF.O=S(=O)([O-])c1ccccc1.[Na+]. The van der Waals surface area contributed by atoms with Gasteiger partial charge in [0.05, 0.1) is 4.90 Å². The smallest absolute Gasteiger partial charge is 0.744 e. The molecule has 1 aromatic carbocycles. The molecule has 0 saturated heterocycles. The molecule has 0 aliphatic carbocycles. The minimum atomic E-state index is -4.25. The predicted molar refractivity (Wildman–Crippen MR) is 65.3 cm³/mol. The summed E-state index contributed by atoms with van der Waals surface area (Å²) in [6.07, 6.45) is 5.87. The second-order valence-electron chi connectivity index (χ2n) is 3.37. The molecule has 0 aliphatic rings. The predicted octanol–water partition coefficient (Wildman–Crippen LogP) is 0.186. The van der Waals surface area contributed by atoms with Crippen LogP contribution in [0.15, 0.2) is 47.6 Å². The summed E-state index contributed by atoms with van der Waals surface area (Å²) in [5.74, 6) is 0. The molecule has 0 amide bonds. The van der Waals surface area contributed by atoms with Crippen LogP contribution in [0.5, 0.6) is 0 Å². The third-order valence-corrected chi connectivity index (χ3v) is 2.75. The second kappa shape index (κ2) is 12.6. The van der Waals surface area contributed by atoms with Gasteiger partial charge >= 0.3 is 29.6 Å². The van der Waals surface area contributed by atoms with Crippen LogP contribution in [0.1, 0.15) is 26.2 Å². The van der Waals surface area contributed by atoms with Gasteiger partial charge in [-0.25, -0.2) is 8.42 Å². The molecular weight excluding hydrogens is 282 g/mol. The van der Waals surface area contributed by atoms with Crippen molar-refractivity contribution in [3.63, 3.8) is 0 Å². The number of halogens is 1. The molecule has 0 spiro atoms. The van der Waals surface area contributed by atoms with Crippen LogP contribution in [0.3, 0.4) is 0 Å². The van der Waals surface area contributed by atoms with Crippen molar-refractivity contribution < 1.29 is 52.0 Å². The quantitative estimate of drug-likeness (QED) is 0.337. The van der Waals surface area contributed by atoms with E-state index in [2.05, 4.69) is 11.9 Å². The first-order valence-electron chi connectivity index (χ1n) is 5.45. The Morgan fingerprint density at radius 2 is 1.89 bits per heavy atom. The van der Waals surface area contributed by atoms with Gasteiger partial charge in [-0.2, -0.15) is 0 Å². The van der Waals surface area contributed by atoms with Gasteiger partial charge in [0.2, 0.25) is 0 Å². The molecule has 0 bridgehead atoms. The first-order chi connectivity index (χ1) is 8.52. The molecule has 0 atom stereocenters. The molecule has 0 heterocycles. The van der Waals surface area contributed by atoms with Gasteiger partial charge in [0.25, 0.3) is 0 Å². The fraction of sp³-hybridized carbons (Fsp3) is 0.333. The van der Waals surface area contributed by atoms with Crippen LogP contribution < -0.4 is 29.6 Å². The van der Waals surface area contributed by atoms with E-state index in [0.717, 1.165) is 25.5 Å². The van der Waals surface area contributed by atoms with Crippen LogP contribution in [-0.2, 0) is 15.1 Å². The molecule has 0 aliphatic heterocycles. The minimum absolute atomic E-state index is 0. The minimum Gasteiger partial charge on any atom is -0.744 e. The van der Waals surface area contributed by atoms with Crippen LogP contribution in [-0.4, -0.2) is 13.0 Å². The van der Waals surface area contributed by atoms with Crippen LogP contribution >= 0.6 is 0 Å². The van der Waals surface area contributed by atoms with Gasteiger partial charge in [-0.05, 0) is 31.1 Å². The van der Waals surface area contributed by atoms with Gasteiger partial charge in [-0.15, -0.1) is 0 Å². The summed E-state index contributed by atoms with van der Waals surface area (Å²) in [5.41, 5.74) is 0. The van der Waals surface area contributed by atoms with E-state index < -0.39 is 10.1 Å². The molecule has 0 aromatic heterocycles. The molecule has 102 valence electrons. The molecule has 19 heavy (non-hydrogen) atoms. The molecule has 7 heteroatoms. The third kappa shape index (κ3) is 12.4. The normalized spacial score (nSPS) is 10.3. The number of allylic oxidation sites excluding steroid dienone is 1. The topological polar surface area (TPSA) is 66.4 Å². The molecule has 4 nitrogen and oxygen atoms in total. The molecule has 0 radical (unpaired) electrons. The van der Waals surface area contributed by atoms with Crippen molar-refractivity contribution >= 4 is 10.1 Å². The number of hydrogen-bond acceptors (Lipinski definition) is 4. The number of hydrogen-bond donors (Lipinski definition) is 0. The molecule has 0 unspecified atom stereocenters. The van der Waals surface area contributed by atoms with Gasteiger partial charge in [0.1, 0.15) is 16.4 Å². The van der Waals surface area contributed by atoms with Gasteiger partial charge in [0.15, 0.2) is 0 Å². The van der Waals surface area contributed by atoms with Gasteiger partial charge < -0.3 is 9.49 Å². The van der Waals surface area contributed by atoms with Crippen LogP contribution in [0, 0.1) is 0 Å². The molecule has 1 aromatic rings. The fourth-order valence-corrected chi connectivity index (χ4v) is 1.50. The monoisotopic (exact) mass is 298 g/mol. The number of unbranched alkanes of at least 4 members (excludes halogenated alkanes) is 2. The zero-order valence-corrected chi connectivity index (χ0v) is 13.9.